The van der Waals surface area contributed by atoms with Crippen molar-refractivity contribution in [3.05, 3.63) is 42.9 Å². The number of aromatic nitrogens is 5. The lowest BCUT2D eigenvalue weighted by Crippen LogP contribution is -2.05. The highest BCUT2D eigenvalue weighted by molar-refractivity contribution is 7.99. The number of nitrogens with one attached hydrogen (secondary N) is 2. The van der Waals surface area contributed by atoms with Crippen LogP contribution in [0.2, 0.25) is 0 Å². The van der Waals surface area contributed by atoms with Crippen molar-refractivity contribution in [2.45, 2.75) is 5.03 Å². The van der Waals surface area contributed by atoms with Gasteiger partial charge in [-0.1, -0.05) is 6.07 Å². The number of rotatable bonds is 5. The Labute approximate surface area is 142 Å². The fraction of sp³-hybridized carbons (Fsp3) is 0.125. The molecule has 0 aliphatic heterocycles. The number of nitrogens with zero attached hydrogens (tertiary/aromatic N) is 4. The van der Waals surface area contributed by atoms with Gasteiger partial charge in [0.25, 0.3) is 0 Å². The molecule has 3 heterocycles. The van der Waals surface area contributed by atoms with Crippen LogP contribution in [-0.2, 0) is 0 Å². The summed E-state index contributed by atoms with van der Waals surface area (Å²) >= 11 is 1.61. The molecule has 3 aromatic heterocycles. The molecule has 4 rings (SSSR count). The van der Waals surface area contributed by atoms with Crippen LogP contribution in [0.15, 0.2) is 47.9 Å². The molecule has 120 valence electrons. The van der Waals surface area contributed by atoms with Crippen LogP contribution in [0.25, 0.3) is 22.1 Å². The lowest BCUT2D eigenvalue weighted by molar-refractivity contribution is 1.10. The van der Waals surface area contributed by atoms with E-state index in [-0.39, 0.29) is 5.95 Å². The minimum absolute atomic E-state index is 0.243. The number of benzene rings is 1. The van der Waals surface area contributed by atoms with Gasteiger partial charge in [0.1, 0.15) is 10.5 Å². The van der Waals surface area contributed by atoms with Crippen molar-refractivity contribution in [2.75, 3.05) is 23.3 Å². The molecule has 0 spiro atoms. The maximum absolute atomic E-state index is 5.72. The highest BCUT2D eigenvalue weighted by Gasteiger charge is 2.08. The first-order chi connectivity index (χ1) is 11.8. The molecule has 1 aromatic carbocycles. The van der Waals surface area contributed by atoms with E-state index < -0.39 is 0 Å². The van der Waals surface area contributed by atoms with E-state index in [0.717, 1.165) is 39.4 Å². The fourth-order valence-electron chi connectivity index (χ4n) is 2.46. The number of thioether (sulfide) groups is 1. The zero-order chi connectivity index (χ0) is 16.4. The SMILES string of the molecule is Nc1nc(SCCNc2ccc3ncccc3c2)c2[nH]cnc2n1. The number of hydrogen-bond acceptors (Lipinski definition) is 7. The Morgan fingerprint density at radius 2 is 2.12 bits per heavy atom. The molecular formula is C16H15N7S. The molecule has 4 aromatic rings. The van der Waals surface area contributed by atoms with E-state index >= 15 is 0 Å². The van der Waals surface area contributed by atoms with Crippen LogP contribution >= 0.6 is 11.8 Å². The van der Waals surface area contributed by atoms with Gasteiger partial charge in [0.05, 0.1) is 11.8 Å². The minimum Gasteiger partial charge on any atom is -0.384 e. The van der Waals surface area contributed by atoms with Gasteiger partial charge in [-0.3, -0.25) is 4.98 Å². The molecule has 8 heteroatoms. The van der Waals surface area contributed by atoms with E-state index in [2.05, 4.69) is 42.4 Å². The van der Waals surface area contributed by atoms with Crippen molar-refractivity contribution in [3.63, 3.8) is 0 Å². The molecule has 24 heavy (non-hydrogen) atoms. The van der Waals surface area contributed by atoms with Gasteiger partial charge in [-0.15, -0.1) is 11.8 Å². The summed E-state index contributed by atoms with van der Waals surface area (Å²) in [5.74, 6) is 1.09. The monoisotopic (exact) mass is 337 g/mol. The third-order valence-electron chi connectivity index (χ3n) is 3.54. The van der Waals surface area contributed by atoms with Crippen LogP contribution in [0.3, 0.4) is 0 Å². The molecule has 0 aliphatic carbocycles. The molecule has 7 nitrogen and oxygen atoms in total. The lowest BCUT2D eigenvalue weighted by atomic mass is 10.2. The van der Waals surface area contributed by atoms with Crippen LogP contribution in [0, 0.1) is 0 Å². The minimum atomic E-state index is 0.243. The van der Waals surface area contributed by atoms with Crippen LogP contribution in [-0.4, -0.2) is 37.2 Å². The maximum atomic E-state index is 5.72. The van der Waals surface area contributed by atoms with E-state index in [0.29, 0.717) is 5.65 Å². The van der Waals surface area contributed by atoms with Crippen molar-refractivity contribution < 1.29 is 0 Å². The average molecular weight is 337 g/mol. The molecule has 0 saturated carbocycles. The molecule has 0 bridgehead atoms. The van der Waals surface area contributed by atoms with E-state index in [4.69, 9.17) is 5.73 Å². The first-order valence-corrected chi connectivity index (χ1v) is 8.46. The highest BCUT2D eigenvalue weighted by Crippen LogP contribution is 2.23. The van der Waals surface area contributed by atoms with Gasteiger partial charge < -0.3 is 16.0 Å². The Morgan fingerprint density at radius 3 is 3.08 bits per heavy atom. The van der Waals surface area contributed by atoms with Crippen LogP contribution in [0.1, 0.15) is 0 Å². The van der Waals surface area contributed by atoms with Crippen molar-refractivity contribution in [1.82, 2.24) is 24.9 Å². The number of pyridine rings is 1. The summed E-state index contributed by atoms with van der Waals surface area (Å²) in [4.78, 5) is 19.9. The van der Waals surface area contributed by atoms with Gasteiger partial charge in [-0.05, 0) is 24.3 Å². The number of aromatic amines is 1. The normalized spacial score (nSPS) is 11.2. The van der Waals surface area contributed by atoms with Crippen molar-refractivity contribution >= 4 is 45.5 Å². The summed E-state index contributed by atoms with van der Waals surface area (Å²) in [5, 5.41) is 5.36. The molecule has 0 atom stereocenters. The topological polar surface area (TPSA) is 105 Å². The second-order valence-corrected chi connectivity index (χ2v) is 6.26. The highest BCUT2D eigenvalue weighted by atomic mass is 32.2. The zero-order valence-corrected chi connectivity index (χ0v) is 13.5. The van der Waals surface area contributed by atoms with Gasteiger partial charge >= 0.3 is 0 Å². The van der Waals surface area contributed by atoms with Gasteiger partial charge in [-0.25, -0.2) is 9.97 Å². The Morgan fingerprint density at radius 1 is 1.17 bits per heavy atom. The molecule has 0 radical (unpaired) electrons. The van der Waals surface area contributed by atoms with E-state index in [1.807, 2.05) is 18.2 Å². The number of nitrogen functional groups attached to an aromatic ring is 1. The molecule has 0 amide bonds. The number of anilines is 2. The summed E-state index contributed by atoms with van der Waals surface area (Å²) < 4.78 is 0. The Balaban J connectivity index is 1.40. The Bertz CT molecular complexity index is 998. The number of fused-ring (bicyclic) bond motifs is 2. The number of hydrogen-bond donors (Lipinski definition) is 3. The van der Waals surface area contributed by atoms with Crippen molar-refractivity contribution in [1.29, 1.82) is 0 Å². The van der Waals surface area contributed by atoms with Crippen LogP contribution in [0.4, 0.5) is 11.6 Å². The predicted molar refractivity (Wildman–Crippen MR) is 97.1 cm³/mol. The van der Waals surface area contributed by atoms with Gasteiger partial charge in [0.15, 0.2) is 5.65 Å². The van der Waals surface area contributed by atoms with E-state index in [1.54, 1.807) is 24.3 Å². The fourth-order valence-corrected chi connectivity index (χ4v) is 3.31. The van der Waals surface area contributed by atoms with E-state index in [9.17, 15) is 0 Å². The number of nitrogens with two attached hydrogens (primary N) is 1. The first kappa shape index (κ1) is 14.7. The standard InChI is InChI=1S/C16H15N7S/c17-16-22-14-13(20-9-21-14)15(23-16)24-7-6-18-11-3-4-12-10(8-11)2-1-5-19-12/h1-5,8-9,18H,6-7H2,(H3,17,20,21,22,23). The van der Waals surface area contributed by atoms with Gasteiger partial charge in [0.2, 0.25) is 5.95 Å². The third-order valence-corrected chi connectivity index (χ3v) is 4.52. The van der Waals surface area contributed by atoms with E-state index in [1.165, 1.54) is 0 Å². The largest absolute Gasteiger partial charge is 0.384 e. The molecule has 0 aliphatic rings. The number of imidazole rings is 1. The second kappa shape index (κ2) is 6.32. The predicted octanol–water partition coefficient (Wildman–Crippen LogP) is 2.69. The average Bonchev–Trinajstić information content (AvgIpc) is 3.07. The molecule has 0 unspecified atom stereocenters. The first-order valence-electron chi connectivity index (χ1n) is 7.48. The maximum Gasteiger partial charge on any atom is 0.223 e. The summed E-state index contributed by atoms with van der Waals surface area (Å²) in [6.45, 7) is 0.802. The Kier molecular flexibility index (Phi) is 3.87. The smallest absolute Gasteiger partial charge is 0.223 e. The van der Waals surface area contributed by atoms with Gasteiger partial charge in [0, 0.05) is 29.6 Å². The van der Waals surface area contributed by atoms with Crippen LogP contribution < -0.4 is 11.1 Å². The summed E-state index contributed by atoms with van der Waals surface area (Å²) in [6.07, 6.45) is 3.40. The summed E-state index contributed by atoms with van der Waals surface area (Å²) in [5.41, 5.74) is 9.21. The lowest BCUT2D eigenvalue weighted by Gasteiger charge is -2.07. The van der Waals surface area contributed by atoms with Crippen molar-refractivity contribution in [3.8, 4) is 0 Å². The van der Waals surface area contributed by atoms with Gasteiger partial charge in [-0.2, -0.15) is 4.98 Å². The van der Waals surface area contributed by atoms with Crippen molar-refractivity contribution in [2.24, 2.45) is 0 Å². The van der Waals surface area contributed by atoms with Crippen LogP contribution in [0.5, 0.6) is 0 Å². The molecule has 0 saturated heterocycles. The molecular weight excluding hydrogens is 322 g/mol. The quantitative estimate of drug-likeness (QED) is 0.292. The Hall–Kier alpha value is -2.87. The third kappa shape index (κ3) is 2.95. The summed E-state index contributed by atoms with van der Waals surface area (Å²) in [6, 6.07) is 10.2. The molecule has 0 fully saturated rings. The molecule has 4 N–H and O–H groups in total. The second-order valence-electron chi connectivity index (χ2n) is 5.17. The number of H-pyrrole nitrogens is 1. The zero-order valence-electron chi connectivity index (χ0n) is 12.7. The summed E-state index contributed by atoms with van der Waals surface area (Å²) in [7, 11) is 0.